The first-order valence-corrected chi connectivity index (χ1v) is 8.12. The van der Waals surface area contributed by atoms with Gasteiger partial charge in [0.25, 0.3) is 0 Å². The number of carbonyl (C=O) groups is 2. The van der Waals surface area contributed by atoms with Crippen LogP contribution in [0.25, 0.3) is 0 Å². The minimum Gasteiger partial charge on any atom is -0.462 e. The van der Waals surface area contributed by atoms with E-state index in [0.717, 1.165) is 17.7 Å². The average molecular weight is 312 g/mol. The molecule has 0 saturated carbocycles. The third-order valence-corrected chi connectivity index (χ3v) is 4.62. The molecule has 0 saturated heterocycles. The Morgan fingerprint density at radius 1 is 1.38 bits per heavy atom. The molecule has 0 bridgehead atoms. The van der Waals surface area contributed by atoms with E-state index in [2.05, 4.69) is 5.32 Å². The number of ether oxygens (including phenoxy) is 1. The minimum absolute atomic E-state index is 0.0849. The SMILES string of the molecule is CCOC(=O)c1cc(CC)sc1NC(=O)[C@@H](N)[C@@H](C)CC. The second-order valence-corrected chi connectivity index (χ2v) is 6.07. The number of nitrogens with one attached hydrogen (secondary N) is 1. The van der Waals surface area contributed by atoms with Gasteiger partial charge in [0.2, 0.25) is 5.91 Å². The van der Waals surface area contributed by atoms with Crippen molar-refractivity contribution in [3.8, 4) is 0 Å². The summed E-state index contributed by atoms with van der Waals surface area (Å²) in [6, 6.07) is 1.18. The summed E-state index contributed by atoms with van der Waals surface area (Å²) >= 11 is 1.39. The molecular formula is C15H24N2O3S. The Balaban J connectivity index is 2.93. The third-order valence-electron chi connectivity index (χ3n) is 3.42. The quantitative estimate of drug-likeness (QED) is 0.759. The van der Waals surface area contributed by atoms with Gasteiger partial charge in [-0.15, -0.1) is 11.3 Å². The van der Waals surface area contributed by atoms with Crippen LogP contribution >= 0.6 is 11.3 Å². The highest BCUT2D eigenvalue weighted by Gasteiger charge is 2.23. The molecule has 21 heavy (non-hydrogen) atoms. The lowest BCUT2D eigenvalue weighted by Crippen LogP contribution is -2.40. The molecule has 1 aromatic rings. The van der Waals surface area contributed by atoms with Gasteiger partial charge in [-0.25, -0.2) is 4.79 Å². The summed E-state index contributed by atoms with van der Waals surface area (Å²) in [5.41, 5.74) is 6.33. The molecule has 0 aliphatic rings. The van der Waals surface area contributed by atoms with E-state index in [1.54, 1.807) is 13.0 Å². The lowest BCUT2D eigenvalue weighted by Gasteiger charge is -2.17. The zero-order chi connectivity index (χ0) is 16.0. The first-order chi connectivity index (χ1) is 9.94. The Bertz CT molecular complexity index is 499. The molecule has 2 atom stereocenters. The Kier molecular flexibility index (Phi) is 6.84. The van der Waals surface area contributed by atoms with Crippen molar-refractivity contribution < 1.29 is 14.3 Å². The van der Waals surface area contributed by atoms with Crippen molar-refractivity contribution in [2.75, 3.05) is 11.9 Å². The number of anilines is 1. The number of aryl methyl sites for hydroxylation is 1. The first kappa shape index (κ1) is 17.7. The van der Waals surface area contributed by atoms with E-state index in [-0.39, 0.29) is 11.8 Å². The highest BCUT2D eigenvalue weighted by Crippen LogP contribution is 2.29. The molecule has 0 radical (unpaired) electrons. The maximum absolute atomic E-state index is 12.2. The molecule has 0 aliphatic heterocycles. The molecule has 0 unspecified atom stereocenters. The largest absolute Gasteiger partial charge is 0.462 e. The van der Waals surface area contributed by atoms with Gasteiger partial charge in [0.1, 0.15) is 5.00 Å². The zero-order valence-corrected chi connectivity index (χ0v) is 13.9. The minimum atomic E-state index is -0.586. The topological polar surface area (TPSA) is 81.4 Å². The smallest absolute Gasteiger partial charge is 0.341 e. The van der Waals surface area contributed by atoms with Gasteiger partial charge in [0.05, 0.1) is 18.2 Å². The van der Waals surface area contributed by atoms with Crippen molar-refractivity contribution in [3.05, 3.63) is 16.5 Å². The van der Waals surface area contributed by atoms with Crippen molar-refractivity contribution in [3.63, 3.8) is 0 Å². The fraction of sp³-hybridized carbons (Fsp3) is 0.600. The van der Waals surface area contributed by atoms with Crippen molar-refractivity contribution in [1.29, 1.82) is 0 Å². The van der Waals surface area contributed by atoms with Crippen LogP contribution in [0.1, 0.15) is 49.4 Å². The predicted molar refractivity (Wildman–Crippen MR) is 85.7 cm³/mol. The monoisotopic (exact) mass is 312 g/mol. The Labute approximate surface area is 129 Å². The van der Waals surface area contributed by atoms with Crippen molar-refractivity contribution in [1.82, 2.24) is 0 Å². The van der Waals surface area contributed by atoms with Crippen molar-refractivity contribution in [2.24, 2.45) is 11.7 Å². The third kappa shape index (κ3) is 4.54. The Hall–Kier alpha value is -1.40. The summed E-state index contributed by atoms with van der Waals surface area (Å²) in [5.74, 6) is -0.595. The number of amides is 1. The molecule has 0 fully saturated rings. The van der Waals surface area contributed by atoms with Crippen LogP contribution in [0.2, 0.25) is 0 Å². The summed E-state index contributed by atoms with van der Waals surface area (Å²) in [4.78, 5) is 25.1. The molecule has 0 spiro atoms. The summed E-state index contributed by atoms with van der Waals surface area (Å²) in [6.07, 6.45) is 1.62. The summed E-state index contributed by atoms with van der Waals surface area (Å²) < 4.78 is 5.02. The van der Waals surface area contributed by atoms with E-state index in [4.69, 9.17) is 10.5 Å². The van der Waals surface area contributed by atoms with Crippen LogP contribution in [0, 0.1) is 5.92 Å². The second kappa shape index (κ2) is 8.14. The number of esters is 1. The molecule has 0 aliphatic carbocycles. The number of nitrogens with two attached hydrogens (primary N) is 1. The number of hydrogen-bond acceptors (Lipinski definition) is 5. The van der Waals surface area contributed by atoms with E-state index in [0.29, 0.717) is 17.2 Å². The van der Waals surface area contributed by atoms with Gasteiger partial charge in [0.15, 0.2) is 0 Å². The van der Waals surface area contributed by atoms with Gasteiger partial charge in [0, 0.05) is 4.88 Å². The van der Waals surface area contributed by atoms with E-state index in [9.17, 15) is 9.59 Å². The summed E-state index contributed by atoms with van der Waals surface area (Å²) in [5, 5.41) is 3.30. The highest BCUT2D eigenvalue weighted by molar-refractivity contribution is 7.16. The maximum atomic E-state index is 12.2. The number of hydrogen-bond donors (Lipinski definition) is 2. The van der Waals surface area contributed by atoms with Gasteiger partial charge in [-0.1, -0.05) is 27.2 Å². The molecule has 0 aromatic carbocycles. The molecule has 6 heteroatoms. The zero-order valence-electron chi connectivity index (χ0n) is 13.1. The first-order valence-electron chi connectivity index (χ1n) is 7.30. The molecule has 1 aromatic heterocycles. The fourth-order valence-electron chi connectivity index (χ4n) is 1.78. The van der Waals surface area contributed by atoms with Gasteiger partial charge in [-0.3, -0.25) is 4.79 Å². The van der Waals surface area contributed by atoms with Crippen molar-refractivity contribution >= 4 is 28.2 Å². The van der Waals surface area contributed by atoms with Crippen LogP contribution < -0.4 is 11.1 Å². The predicted octanol–water partition coefficient (Wildman–Crippen LogP) is 2.80. The van der Waals surface area contributed by atoms with Crippen molar-refractivity contribution in [2.45, 2.75) is 46.6 Å². The summed E-state index contributed by atoms with van der Waals surface area (Å²) in [7, 11) is 0. The maximum Gasteiger partial charge on any atom is 0.341 e. The van der Waals surface area contributed by atoms with Crippen LogP contribution in [0.15, 0.2) is 6.07 Å². The van der Waals surface area contributed by atoms with Gasteiger partial charge >= 0.3 is 5.97 Å². The van der Waals surface area contributed by atoms with Gasteiger partial charge in [-0.2, -0.15) is 0 Å². The standard InChI is InChI=1S/C15H24N2O3S/c1-5-9(4)12(16)13(18)17-14-11(15(19)20-7-3)8-10(6-2)21-14/h8-9,12H,5-7,16H2,1-4H3,(H,17,18)/t9-,12-/m0/s1. The molecular weight excluding hydrogens is 288 g/mol. The number of rotatable bonds is 7. The molecule has 1 amide bonds. The summed E-state index contributed by atoms with van der Waals surface area (Å²) in [6.45, 7) is 7.97. The van der Waals surface area contributed by atoms with E-state index in [1.807, 2.05) is 20.8 Å². The molecule has 118 valence electrons. The average Bonchev–Trinajstić information content (AvgIpc) is 2.88. The van der Waals surface area contributed by atoms with E-state index in [1.165, 1.54) is 11.3 Å². The van der Waals surface area contributed by atoms with Crippen LogP contribution in [0.5, 0.6) is 0 Å². The molecule has 5 nitrogen and oxygen atoms in total. The number of carbonyl (C=O) groups excluding carboxylic acids is 2. The second-order valence-electron chi connectivity index (χ2n) is 4.93. The van der Waals surface area contributed by atoms with Crippen LogP contribution in [-0.4, -0.2) is 24.5 Å². The molecule has 1 heterocycles. The van der Waals surface area contributed by atoms with E-state index >= 15 is 0 Å². The number of thiophene rings is 1. The van der Waals surface area contributed by atoms with Gasteiger partial charge in [-0.05, 0) is 25.3 Å². The van der Waals surface area contributed by atoms with Gasteiger partial charge < -0.3 is 15.8 Å². The molecule has 3 N–H and O–H groups in total. The van der Waals surface area contributed by atoms with Crippen LogP contribution in [0.4, 0.5) is 5.00 Å². The lowest BCUT2D eigenvalue weighted by molar-refractivity contribution is -0.118. The van der Waals surface area contributed by atoms with Crippen LogP contribution in [-0.2, 0) is 16.0 Å². The fourth-order valence-corrected chi connectivity index (χ4v) is 2.76. The molecule has 1 rings (SSSR count). The Morgan fingerprint density at radius 2 is 2.05 bits per heavy atom. The lowest BCUT2D eigenvalue weighted by atomic mass is 9.99. The van der Waals surface area contributed by atoms with Crippen LogP contribution in [0.3, 0.4) is 0 Å². The van der Waals surface area contributed by atoms with E-state index < -0.39 is 12.0 Å². The highest BCUT2D eigenvalue weighted by atomic mass is 32.1. The normalized spacial score (nSPS) is 13.6. The Morgan fingerprint density at radius 3 is 2.57 bits per heavy atom.